The lowest BCUT2D eigenvalue weighted by atomic mass is 10.0. The third-order valence-corrected chi connectivity index (χ3v) is 5.75. The van der Waals surface area contributed by atoms with E-state index in [1.807, 2.05) is 25.1 Å². The summed E-state index contributed by atoms with van der Waals surface area (Å²) in [6.45, 7) is 2.62. The molecule has 0 fully saturated rings. The van der Waals surface area contributed by atoms with Crippen LogP contribution in [0.3, 0.4) is 0 Å². The molecule has 0 amide bonds. The van der Waals surface area contributed by atoms with Gasteiger partial charge in [-0.1, -0.05) is 24.3 Å². The molecule has 0 atom stereocenters. The van der Waals surface area contributed by atoms with Crippen molar-refractivity contribution in [2.24, 2.45) is 0 Å². The molecule has 0 saturated heterocycles. The van der Waals surface area contributed by atoms with E-state index in [-0.39, 0.29) is 23.4 Å². The average molecular weight is 461 g/mol. The molecule has 7 nitrogen and oxygen atoms in total. The minimum Gasteiger partial charge on any atom is -0.392 e. The Labute approximate surface area is 193 Å². The maximum Gasteiger partial charge on any atom is 0.271 e. The van der Waals surface area contributed by atoms with Crippen molar-refractivity contribution in [3.63, 3.8) is 0 Å². The fourth-order valence-corrected chi connectivity index (χ4v) is 4.10. The van der Waals surface area contributed by atoms with E-state index in [0.29, 0.717) is 35.9 Å². The van der Waals surface area contributed by atoms with Crippen LogP contribution in [-0.4, -0.2) is 37.8 Å². The Morgan fingerprint density at radius 1 is 1.12 bits per heavy atom. The Morgan fingerprint density at radius 2 is 1.94 bits per heavy atom. The second-order valence-corrected chi connectivity index (χ2v) is 8.01. The highest BCUT2D eigenvalue weighted by molar-refractivity contribution is 5.88. The number of nitrogens with one attached hydrogen (secondary N) is 1. The van der Waals surface area contributed by atoms with Gasteiger partial charge in [-0.05, 0) is 42.3 Å². The number of nitrogens with zero attached hydrogens (tertiary/aromatic N) is 4. The first kappa shape index (κ1) is 21.7. The standard InChI is InChI=1S/C25H21F2N5O2/c1-15-4-2-3-5-21(15)32-22(34)9-8-20(29-32)23-24(18-7-6-17(26)12-19(18)27)30-31-14-16(10-11-33)13-28-25(23)31/h2-10,12,28,33H,11,13-14H2,1H3. The molecular weight excluding hydrogens is 440 g/mol. The number of halogens is 2. The Hall–Kier alpha value is -4.11. The number of aromatic nitrogens is 4. The van der Waals surface area contributed by atoms with Crippen LogP contribution in [0.1, 0.15) is 5.56 Å². The molecule has 0 aliphatic carbocycles. The molecule has 9 heteroatoms. The summed E-state index contributed by atoms with van der Waals surface area (Å²) in [4.78, 5) is 12.7. The zero-order valence-electron chi connectivity index (χ0n) is 18.3. The van der Waals surface area contributed by atoms with Gasteiger partial charge in [0.15, 0.2) is 0 Å². The number of para-hydroxylation sites is 1. The molecule has 34 heavy (non-hydrogen) atoms. The van der Waals surface area contributed by atoms with Gasteiger partial charge in [-0.2, -0.15) is 14.9 Å². The maximum absolute atomic E-state index is 14.8. The molecule has 2 aromatic heterocycles. The number of aliphatic hydroxyl groups excluding tert-OH is 1. The van der Waals surface area contributed by atoms with Gasteiger partial charge < -0.3 is 10.4 Å². The molecule has 4 aromatic rings. The Balaban J connectivity index is 1.74. The van der Waals surface area contributed by atoms with Crippen LogP contribution in [-0.2, 0) is 6.54 Å². The van der Waals surface area contributed by atoms with Gasteiger partial charge in [-0.15, -0.1) is 0 Å². The molecule has 2 N–H and O–H groups in total. The quantitative estimate of drug-likeness (QED) is 0.453. The van der Waals surface area contributed by atoms with E-state index < -0.39 is 11.6 Å². The van der Waals surface area contributed by atoms with E-state index >= 15 is 0 Å². The highest BCUT2D eigenvalue weighted by Crippen LogP contribution is 2.39. The summed E-state index contributed by atoms with van der Waals surface area (Å²) in [7, 11) is 0. The van der Waals surface area contributed by atoms with Gasteiger partial charge in [0.1, 0.15) is 23.1 Å². The number of benzene rings is 2. The second kappa shape index (κ2) is 8.68. The molecule has 0 spiro atoms. The number of aryl methyl sites for hydroxylation is 1. The molecule has 3 heterocycles. The Morgan fingerprint density at radius 3 is 2.71 bits per heavy atom. The summed E-state index contributed by atoms with van der Waals surface area (Å²) in [5, 5.41) is 21.7. The van der Waals surface area contributed by atoms with Crippen LogP contribution in [0.25, 0.3) is 28.2 Å². The minimum atomic E-state index is -0.755. The number of hydrogen-bond acceptors (Lipinski definition) is 5. The van der Waals surface area contributed by atoms with Crippen LogP contribution >= 0.6 is 0 Å². The molecule has 0 saturated carbocycles. The number of hydrogen-bond donors (Lipinski definition) is 2. The summed E-state index contributed by atoms with van der Waals surface area (Å²) < 4.78 is 31.4. The van der Waals surface area contributed by atoms with Gasteiger partial charge in [0, 0.05) is 24.2 Å². The van der Waals surface area contributed by atoms with Crippen LogP contribution in [0.4, 0.5) is 14.6 Å². The third-order valence-electron chi connectivity index (χ3n) is 5.75. The normalized spacial score (nSPS) is 14.2. The van der Waals surface area contributed by atoms with Crippen molar-refractivity contribution in [1.82, 2.24) is 19.6 Å². The lowest BCUT2D eigenvalue weighted by Gasteiger charge is -2.20. The maximum atomic E-state index is 14.8. The zero-order chi connectivity index (χ0) is 23.8. The van der Waals surface area contributed by atoms with E-state index in [1.165, 1.54) is 22.9 Å². The van der Waals surface area contributed by atoms with Crippen LogP contribution in [0, 0.1) is 18.6 Å². The van der Waals surface area contributed by atoms with E-state index in [2.05, 4.69) is 15.5 Å². The van der Waals surface area contributed by atoms with Crippen LogP contribution < -0.4 is 10.9 Å². The molecule has 1 aliphatic rings. The Bertz CT molecular complexity index is 1490. The second-order valence-electron chi connectivity index (χ2n) is 8.01. The zero-order valence-corrected chi connectivity index (χ0v) is 18.3. The van der Waals surface area contributed by atoms with Crippen LogP contribution in [0.2, 0.25) is 0 Å². The van der Waals surface area contributed by atoms with Gasteiger partial charge >= 0.3 is 0 Å². The van der Waals surface area contributed by atoms with E-state index in [4.69, 9.17) is 0 Å². The average Bonchev–Trinajstić information content (AvgIpc) is 3.18. The summed E-state index contributed by atoms with van der Waals surface area (Å²) >= 11 is 0. The van der Waals surface area contributed by atoms with Gasteiger partial charge in [-0.25, -0.2) is 13.5 Å². The first-order valence-electron chi connectivity index (χ1n) is 10.7. The van der Waals surface area contributed by atoms with Crippen molar-refractivity contribution < 1.29 is 13.9 Å². The minimum absolute atomic E-state index is 0.108. The van der Waals surface area contributed by atoms with Crippen molar-refractivity contribution in [2.45, 2.75) is 13.5 Å². The number of aliphatic hydroxyl groups is 1. The fraction of sp³-hybridized carbons (Fsp3) is 0.160. The number of anilines is 1. The highest BCUT2D eigenvalue weighted by atomic mass is 19.1. The van der Waals surface area contributed by atoms with Gasteiger partial charge in [0.25, 0.3) is 5.56 Å². The van der Waals surface area contributed by atoms with Crippen molar-refractivity contribution in [3.05, 3.63) is 93.8 Å². The largest absolute Gasteiger partial charge is 0.392 e. The van der Waals surface area contributed by atoms with E-state index in [0.717, 1.165) is 17.2 Å². The number of fused-ring (bicyclic) bond motifs is 1. The van der Waals surface area contributed by atoms with Crippen molar-refractivity contribution >= 4 is 5.82 Å². The summed E-state index contributed by atoms with van der Waals surface area (Å²) in [5.74, 6) is -0.851. The monoisotopic (exact) mass is 461 g/mol. The molecule has 1 aliphatic heterocycles. The SMILES string of the molecule is Cc1ccccc1-n1nc(-c2c(-c3ccc(F)cc3F)nn3c2NCC(=CCO)C3)ccc1=O. The first-order valence-corrected chi connectivity index (χ1v) is 10.7. The predicted molar refractivity (Wildman–Crippen MR) is 125 cm³/mol. The molecular formula is C25H21F2N5O2. The molecule has 5 rings (SSSR count). The van der Waals surface area contributed by atoms with Gasteiger partial charge in [-0.3, -0.25) is 4.79 Å². The fourth-order valence-electron chi connectivity index (χ4n) is 4.10. The lowest BCUT2D eigenvalue weighted by Crippen LogP contribution is -2.22. The van der Waals surface area contributed by atoms with Crippen LogP contribution in [0.15, 0.2) is 71.0 Å². The molecule has 0 unspecified atom stereocenters. The van der Waals surface area contributed by atoms with Gasteiger partial charge in [0.05, 0.1) is 30.1 Å². The Kier molecular flexibility index (Phi) is 5.54. The van der Waals surface area contributed by atoms with Crippen molar-refractivity contribution in [1.29, 1.82) is 0 Å². The smallest absolute Gasteiger partial charge is 0.271 e. The van der Waals surface area contributed by atoms with Crippen molar-refractivity contribution in [3.8, 4) is 28.2 Å². The topological polar surface area (TPSA) is 85.0 Å². The summed E-state index contributed by atoms with van der Waals surface area (Å²) in [6, 6.07) is 13.7. The molecule has 2 aromatic carbocycles. The predicted octanol–water partition coefficient (Wildman–Crippen LogP) is 3.69. The third kappa shape index (κ3) is 3.80. The van der Waals surface area contributed by atoms with Crippen molar-refractivity contribution in [2.75, 3.05) is 18.5 Å². The summed E-state index contributed by atoms with van der Waals surface area (Å²) in [6.07, 6.45) is 1.69. The number of rotatable bonds is 4. The highest BCUT2D eigenvalue weighted by Gasteiger charge is 2.27. The van der Waals surface area contributed by atoms with E-state index in [9.17, 15) is 18.7 Å². The van der Waals surface area contributed by atoms with Gasteiger partial charge in [0.2, 0.25) is 0 Å². The molecule has 172 valence electrons. The molecule has 0 radical (unpaired) electrons. The molecule has 0 bridgehead atoms. The lowest BCUT2D eigenvalue weighted by molar-refractivity contribution is 0.341. The first-order chi connectivity index (χ1) is 16.5. The van der Waals surface area contributed by atoms with E-state index in [1.54, 1.807) is 22.9 Å². The van der Waals surface area contributed by atoms with Crippen LogP contribution in [0.5, 0.6) is 0 Å². The summed E-state index contributed by atoms with van der Waals surface area (Å²) in [5.41, 5.74) is 3.39.